The van der Waals surface area contributed by atoms with Crippen molar-refractivity contribution in [1.29, 1.82) is 0 Å². The third kappa shape index (κ3) is 5.42. The standard InChI is InChI=1S/C11H16O3S/c1-5-7-10(11(13)14-6-2)8(3)15-9(4)12/h5H,1,6-7H2,2-4H3/b10-8-. The van der Waals surface area contributed by atoms with Crippen LogP contribution < -0.4 is 0 Å². The summed E-state index contributed by atoms with van der Waals surface area (Å²) in [6.45, 7) is 8.85. The quantitative estimate of drug-likeness (QED) is 0.412. The first-order chi connectivity index (χ1) is 7.02. The second-order valence-electron chi connectivity index (χ2n) is 2.84. The van der Waals surface area contributed by atoms with Crippen molar-refractivity contribution < 1.29 is 14.3 Å². The zero-order chi connectivity index (χ0) is 11.8. The van der Waals surface area contributed by atoms with Gasteiger partial charge in [-0.05, 0) is 20.3 Å². The van der Waals surface area contributed by atoms with Crippen molar-refractivity contribution in [3.05, 3.63) is 23.1 Å². The number of hydrogen-bond acceptors (Lipinski definition) is 4. The maximum atomic E-state index is 11.5. The van der Waals surface area contributed by atoms with Gasteiger partial charge >= 0.3 is 5.97 Å². The first-order valence-electron chi connectivity index (χ1n) is 4.69. The van der Waals surface area contributed by atoms with Crippen molar-refractivity contribution in [1.82, 2.24) is 0 Å². The van der Waals surface area contributed by atoms with Gasteiger partial charge in [0, 0.05) is 11.8 Å². The molecular weight excluding hydrogens is 212 g/mol. The summed E-state index contributed by atoms with van der Waals surface area (Å²) in [5.41, 5.74) is 0.507. The van der Waals surface area contributed by atoms with Gasteiger partial charge in [0.15, 0.2) is 5.12 Å². The van der Waals surface area contributed by atoms with Crippen LogP contribution in [0, 0.1) is 0 Å². The van der Waals surface area contributed by atoms with Gasteiger partial charge in [0.1, 0.15) is 0 Å². The molecule has 0 heterocycles. The van der Waals surface area contributed by atoms with Crippen molar-refractivity contribution in [3.63, 3.8) is 0 Å². The van der Waals surface area contributed by atoms with Gasteiger partial charge in [-0.1, -0.05) is 17.8 Å². The van der Waals surface area contributed by atoms with Crippen molar-refractivity contribution in [2.75, 3.05) is 6.61 Å². The molecule has 0 aliphatic carbocycles. The molecule has 0 aromatic carbocycles. The number of rotatable bonds is 5. The van der Waals surface area contributed by atoms with Gasteiger partial charge in [0.25, 0.3) is 0 Å². The molecule has 0 bridgehead atoms. The Hall–Kier alpha value is -1.03. The maximum Gasteiger partial charge on any atom is 0.335 e. The predicted molar refractivity (Wildman–Crippen MR) is 62.4 cm³/mol. The monoisotopic (exact) mass is 228 g/mol. The molecule has 0 rings (SSSR count). The zero-order valence-corrected chi connectivity index (χ0v) is 10.1. The number of allylic oxidation sites excluding steroid dienone is 2. The first kappa shape index (κ1) is 14.0. The average molecular weight is 228 g/mol. The molecule has 84 valence electrons. The van der Waals surface area contributed by atoms with Crippen LogP contribution in [0.25, 0.3) is 0 Å². The van der Waals surface area contributed by atoms with Crippen LogP contribution in [-0.4, -0.2) is 17.7 Å². The third-order valence-electron chi connectivity index (χ3n) is 1.59. The summed E-state index contributed by atoms with van der Waals surface area (Å²) in [7, 11) is 0. The van der Waals surface area contributed by atoms with E-state index in [0.717, 1.165) is 11.8 Å². The lowest BCUT2D eigenvalue weighted by molar-refractivity contribution is -0.138. The zero-order valence-electron chi connectivity index (χ0n) is 9.33. The highest BCUT2D eigenvalue weighted by Gasteiger charge is 2.14. The lowest BCUT2D eigenvalue weighted by Crippen LogP contribution is -2.08. The van der Waals surface area contributed by atoms with Crippen molar-refractivity contribution in [2.24, 2.45) is 0 Å². The van der Waals surface area contributed by atoms with Gasteiger partial charge in [0.05, 0.1) is 12.2 Å². The van der Waals surface area contributed by atoms with Gasteiger partial charge in [-0.15, -0.1) is 6.58 Å². The van der Waals surface area contributed by atoms with Crippen LogP contribution in [0.3, 0.4) is 0 Å². The van der Waals surface area contributed by atoms with E-state index in [4.69, 9.17) is 4.74 Å². The second kappa shape index (κ2) is 7.29. The fourth-order valence-electron chi connectivity index (χ4n) is 1.01. The smallest absolute Gasteiger partial charge is 0.335 e. The molecule has 0 atom stereocenters. The lowest BCUT2D eigenvalue weighted by Gasteiger charge is -2.07. The van der Waals surface area contributed by atoms with Crippen LogP contribution in [0.2, 0.25) is 0 Å². The molecule has 15 heavy (non-hydrogen) atoms. The van der Waals surface area contributed by atoms with Crippen LogP contribution in [-0.2, 0) is 14.3 Å². The van der Waals surface area contributed by atoms with Crippen LogP contribution in [0.1, 0.15) is 27.2 Å². The molecular formula is C11H16O3S. The summed E-state index contributed by atoms with van der Waals surface area (Å²) in [5, 5.41) is -0.0432. The Kier molecular flexibility index (Phi) is 6.79. The third-order valence-corrected chi connectivity index (χ3v) is 2.43. The highest BCUT2D eigenvalue weighted by Crippen LogP contribution is 2.23. The highest BCUT2D eigenvalue weighted by atomic mass is 32.2. The van der Waals surface area contributed by atoms with Gasteiger partial charge in [-0.2, -0.15) is 0 Å². The van der Waals surface area contributed by atoms with Crippen molar-refractivity contribution >= 4 is 22.8 Å². The van der Waals surface area contributed by atoms with Gasteiger partial charge in [0.2, 0.25) is 0 Å². The Balaban J connectivity index is 4.82. The maximum absolute atomic E-state index is 11.5. The van der Waals surface area contributed by atoms with E-state index in [1.165, 1.54) is 6.92 Å². The molecule has 0 radical (unpaired) electrons. The Bertz CT molecular complexity index is 292. The van der Waals surface area contributed by atoms with Crippen LogP contribution in [0.4, 0.5) is 0 Å². The lowest BCUT2D eigenvalue weighted by atomic mass is 10.2. The number of esters is 1. The molecule has 0 amide bonds. The topological polar surface area (TPSA) is 43.4 Å². The normalized spacial score (nSPS) is 11.7. The summed E-state index contributed by atoms with van der Waals surface area (Å²) in [4.78, 5) is 23.1. The molecule has 3 nitrogen and oxygen atoms in total. The van der Waals surface area contributed by atoms with Gasteiger partial charge in [-0.25, -0.2) is 4.79 Å². The van der Waals surface area contributed by atoms with E-state index >= 15 is 0 Å². The molecule has 0 aromatic rings. The minimum atomic E-state index is -0.372. The van der Waals surface area contributed by atoms with Gasteiger partial charge in [-0.3, -0.25) is 4.79 Å². The van der Waals surface area contributed by atoms with E-state index in [1.54, 1.807) is 19.9 Å². The molecule has 0 saturated carbocycles. The molecule has 4 heteroatoms. The SMILES string of the molecule is C=CC/C(C(=O)OCC)=C(\C)SC(C)=O. The molecule has 0 N–H and O–H groups in total. The largest absolute Gasteiger partial charge is 0.463 e. The molecule has 0 spiro atoms. The molecule has 0 saturated heterocycles. The molecule has 0 unspecified atom stereocenters. The molecule has 0 fully saturated rings. The summed E-state index contributed by atoms with van der Waals surface area (Å²) < 4.78 is 4.89. The Morgan fingerprint density at radius 3 is 2.40 bits per heavy atom. The van der Waals surface area contributed by atoms with E-state index in [0.29, 0.717) is 23.5 Å². The van der Waals surface area contributed by atoms with Crippen LogP contribution in [0.15, 0.2) is 23.1 Å². The summed E-state index contributed by atoms with van der Waals surface area (Å²) in [6.07, 6.45) is 2.04. The van der Waals surface area contributed by atoms with E-state index in [1.807, 2.05) is 0 Å². The fourth-order valence-corrected chi connectivity index (χ4v) is 1.73. The Morgan fingerprint density at radius 1 is 1.40 bits per heavy atom. The van der Waals surface area contributed by atoms with E-state index in [-0.39, 0.29) is 11.1 Å². The average Bonchev–Trinajstić information content (AvgIpc) is 2.13. The van der Waals surface area contributed by atoms with Crippen molar-refractivity contribution in [3.8, 4) is 0 Å². The number of thioether (sulfide) groups is 1. The first-order valence-corrected chi connectivity index (χ1v) is 5.50. The van der Waals surface area contributed by atoms with E-state index < -0.39 is 0 Å². The van der Waals surface area contributed by atoms with E-state index in [9.17, 15) is 9.59 Å². The predicted octanol–water partition coefficient (Wildman–Crippen LogP) is 2.68. The fraction of sp³-hybridized carbons (Fsp3) is 0.455. The highest BCUT2D eigenvalue weighted by molar-refractivity contribution is 8.16. The molecule has 0 aliphatic rings. The minimum Gasteiger partial charge on any atom is -0.463 e. The Morgan fingerprint density at radius 2 is 2.00 bits per heavy atom. The number of hydrogen-bond donors (Lipinski definition) is 0. The second-order valence-corrected chi connectivity index (χ2v) is 4.23. The summed E-state index contributed by atoms with van der Waals surface area (Å²) in [5.74, 6) is -0.372. The Labute approximate surface area is 94.6 Å². The number of carbonyl (C=O) groups excluding carboxylic acids is 2. The summed E-state index contributed by atoms with van der Waals surface area (Å²) >= 11 is 1.05. The number of ether oxygens (including phenoxy) is 1. The number of carbonyl (C=O) groups is 2. The van der Waals surface area contributed by atoms with Crippen LogP contribution in [0.5, 0.6) is 0 Å². The molecule has 0 aromatic heterocycles. The van der Waals surface area contributed by atoms with Crippen LogP contribution >= 0.6 is 11.8 Å². The minimum absolute atomic E-state index is 0.0432. The molecule has 0 aliphatic heterocycles. The summed E-state index contributed by atoms with van der Waals surface area (Å²) in [6, 6.07) is 0. The van der Waals surface area contributed by atoms with E-state index in [2.05, 4.69) is 6.58 Å². The van der Waals surface area contributed by atoms with Gasteiger partial charge < -0.3 is 4.74 Å². The van der Waals surface area contributed by atoms with Crippen molar-refractivity contribution in [2.45, 2.75) is 27.2 Å².